The Kier molecular flexibility index (Phi) is 5.42. The number of sulfonamides is 1. The highest BCUT2D eigenvalue weighted by Crippen LogP contribution is 2.17. The number of rotatable bonds is 6. The minimum atomic E-state index is -3.59. The van der Waals surface area contributed by atoms with Gasteiger partial charge in [-0.2, -0.15) is 4.31 Å². The SMILES string of the molecule is CC(CO)N(C)S(=O)(=O)c1ccc(CC(N)=S)cc1. The number of nitrogens with two attached hydrogens (primary N) is 1. The van der Waals surface area contributed by atoms with E-state index in [9.17, 15) is 8.42 Å². The Bertz CT molecular complexity index is 541. The second-order valence-electron chi connectivity index (χ2n) is 4.34. The van der Waals surface area contributed by atoms with Crippen LogP contribution in [0.1, 0.15) is 12.5 Å². The number of aliphatic hydroxyl groups is 1. The van der Waals surface area contributed by atoms with E-state index in [4.69, 9.17) is 23.1 Å². The van der Waals surface area contributed by atoms with E-state index in [1.165, 1.54) is 19.2 Å². The van der Waals surface area contributed by atoms with Gasteiger partial charge in [0.25, 0.3) is 0 Å². The molecule has 0 radical (unpaired) electrons. The van der Waals surface area contributed by atoms with Crippen LogP contribution in [0.3, 0.4) is 0 Å². The second-order valence-corrected chi connectivity index (χ2v) is 6.86. The van der Waals surface area contributed by atoms with Crippen molar-refractivity contribution in [3.8, 4) is 0 Å². The van der Waals surface area contributed by atoms with Crippen molar-refractivity contribution in [1.82, 2.24) is 4.31 Å². The van der Waals surface area contributed by atoms with Crippen LogP contribution in [0.2, 0.25) is 0 Å². The zero-order valence-corrected chi connectivity index (χ0v) is 12.5. The molecule has 0 saturated carbocycles. The Balaban J connectivity index is 3.00. The van der Waals surface area contributed by atoms with Gasteiger partial charge in [0.2, 0.25) is 10.0 Å². The number of hydrogen-bond donors (Lipinski definition) is 2. The molecule has 0 amide bonds. The molecule has 0 spiro atoms. The summed E-state index contributed by atoms with van der Waals surface area (Å²) < 4.78 is 25.6. The predicted octanol–water partition coefficient (Wildman–Crippen LogP) is 0.517. The lowest BCUT2D eigenvalue weighted by atomic mass is 10.1. The molecule has 0 aliphatic carbocycles. The first-order chi connectivity index (χ1) is 8.78. The third kappa shape index (κ3) is 3.97. The van der Waals surface area contributed by atoms with E-state index in [0.29, 0.717) is 11.4 Å². The summed E-state index contributed by atoms with van der Waals surface area (Å²) in [4.78, 5) is 0.545. The van der Waals surface area contributed by atoms with Gasteiger partial charge in [0, 0.05) is 19.5 Å². The minimum Gasteiger partial charge on any atom is -0.395 e. The average molecular weight is 302 g/mol. The molecule has 0 heterocycles. The van der Waals surface area contributed by atoms with Gasteiger partial charge in [-0.25, -0.2) is 8.42 Å². The highest BCUT2D eigenvalue weighted by atomic mass is 32.2. The van der Waals surface area contributed by atoms with Crippen LogP contribution in [0.15, 0.2) is 29.2 Å². The van der Waals surface area contributed by atoms with Crippen molar-refractivity contribution in [2.24, 2.45) is 5.73 Å². The first kappa shape index (κ1) is 16.0. The molecule has 106 valence electrons. The molecule has 3 N–H and O–H groups in total. The van der Waals surface area contributed by atoms with E-state index in [0.717, 1.165) is 9.87 Å². The maximum absolute atomic E-state index is 12.2. The van der Waals surface area contributed by atoms with E-state index in [2.05, 4.69) is 0 Å². The molecule has 1 aromatic carbocycles. The molecule has 1 atom stereocenters. The van der Waals surface area contributed by atoms with Crippen LogP contribution in [0.25, 0.3) is 0 Å². The molecular weight excluding hydrogens is 284 g/mol. The highest BCUT2D eigenvalue weighted by molar-refractivity contribution is 7.89. The molecule has 1 rings (SSSR count). The molecule has 0 bridgehead atoms. The maximum atomic E-state index is 12.2. The van der Waals surface area contributed by atoms with Gasteiger partial charge in [-0.3, -0.25) is 0 Å². The van der Waals surface area contributed by atoms with Gasteiger partial charge in [0.1, 0.15) is 0 Å². The summed E-state index contributed by atoms with van der Waals surface area (Å²) in [5, 5.41) is 9.02. The standard InChI is InChI=1S/C12H18N2O3S2/c1-9(8-15)14(2)19(16,17)11-5-3-10(4-6-11)7-12(13)18/h3-6,9,15H,7-8H2,1-2H3,(H2,13,18). The van der Waals surface area contributed by atoms with Gasteiger partial charge in [0.05, 0.1) is 16.5 Å². The van der Waals surface area contributed by atoms with Crippen LogP contribution in [-0.4, -0.2) is 42.5 Å². The number of thiocarbonyl (C=S) groups is 1. The lowest BCUT2D eigenvalue weighted by molar-refractivity contribution is 0.214. The normalized spacial score (nSPS) is 13.5. The van der Waals surface area contributed by atoms with Crippen molar-refractivity contribution in [2.75, 3.05) is 13.7 Å². The minimum absolute atomic E-state index is 0.182. The molecule has 0 aliphatic heterocycles. The topological polar surface area (TPSA) is 83.6 Å². The molecule has 0 fully saturated rings. The van der Waals surface area contributed by atoms with E-state index in [1.54, 1.807) is 19.1 Å². The number of likely N-dealkylation sites (N-methyl/N-ethyl adjacent to an activating group) is 1. The molecule has 7 heteroatoms. The Labute approximate surface area is 119 Å². The monoisotopic (exact) mass is 302 g/mol. The van der Waals surface area contributed by atoms with Gasteiger partial charge in [-0.15, -0.1) is 0 Å². The van der Waals surface area contributed by atoms with E-state index >= 15 is 0 Å². The van der Waals surface area contributed by atoms with Gasteiger partial charge in [-0.05, 0) is 24.6 Å². The van der Waals surface area contributed by atoms with Gasteiger partial charge in [0.15, 0.2) is 0 Å². The molecule has 5 nitrogen and oxygen atoms in total. The second kappa shape index (κ2) is 6.42. The fourth-order valence-corrected chi connectivity index (χ4v) is 3.02. The fourth-order valence-electron chi connectivity index (χ4n) is 1.50. The number of benzene rings is 1. The van der Waals surface area contributed by atoms with E-state index in [-0.39, 0.29) is 11.5 Å². The summed E-state index contributed by atoms with van der Waals surface area (Å²) in [7, 11) is -2.14. The van der Waals surface area contributed by atoms with Crippen molar-refractivity contribution in [1.29, 1.82) is 0 Å². The molecule has 0 aliphatic rings. The summed E-state index contributed by atoms with van der Waals surface area (Å²) in [5.41, 5.74) is 6.30. The van der Waals surface area contributed by atoms with Crippen molar-refractivity contribution in [3.63, 3.8) is 0 Å². The average Bonchev–Trinajstić information content (AvgIpc) is 2.36. The third-order valence-electron chi connectivity index (χ3n) is 2.86. The molecular formula is C12H18N2O3S2. The first-order valence-corrected chi connectivity index (χ1v) is 7.60. The van der Waals surface area contributed by atoms with E-state index in [1.807, 2.05) is 0 Å². The van der Waals surface area contributed by atoms with E-state index < -0.39 is 16.1 Å². The summed E-state index contributed by atoms with van der Waals surface area (Å²) in [6, 6.07) is 5.93. The molecule has 0 saturated heterocycles. The smallest absolute Gasteiger partial charge is 0.243 e. The number of aliphatic hydroxyl groups excluding tert-OH is 1. The van der Waals surface area contributed by atoms with Gasteiger partial charge in [-0.1, -0.05) is 24.4 Å². The molecule has 0 aromatic heterocycles. The summed E-state index contributed by atoms with van der Waals surface area (Å²) >= 11 is 4.80. The van der Waals surface area contributed by atoms with Gasteiger partial charge < -0.3 is 10.8 Å². The largest absolute Gasteiger partial charge is 0.395 e. The molecule has 1 aromatic rings. The summed E-state index contributed by atoms with van der Waals surface area (Å²) in [5.74, 6) is 0. The van der Waals surface area contributed by atoms with Crippen LogP contribution in [0.4, 0.5) is 0 Å². The summed E-state index contributed by atoms with van der Waals surface area (Å²) in [6.45, 7) is 1.41. The Morgan fingerprint density at radius 3 is 2.37 bits per heavy atom. The Hall–Kier alpha value is -1.02. The Morgan fingerprint density at radius 1 is 1.42 bits per heavy atom. The van der Waals surface area contributed by atoms with Crippen LogP contribution in [0.5, 0.6) is 0 Å². The maximum Gasteiger partial charge on any atom is 0.243 e. The quantitative estimate of drug-likeness (QED) is 0.748. The van der Waals surface area contributed by atoms with Crippen molar-refractivity contribution in [3.05, 3.63) is 29.8 Å². The lowest BCUT2D eigenvalue weighted by Crippen LogP contribution is -2.37. The summed E-state index contributed by atoms with van der Waals surface area (Å²) in [6.07, 6.45) is 0.443. The zero-order valence-electron chi connectivity index (χ0n) is 10.9. The number of nitrogens with zero attached hydrogens (tertiary/aromatic N) is 1. The highest BCUT2D eigenvalue weighted by Gasteiger charge is 2.24. The van der Waals surface area contributed by atoms with Gasteiger partial charge >= 0.3 is 0 Å². The van der Waals surface area contributed by atoms with Crippen molar-refractivity contribution in [2.45, 2.75) is 24.3 Å². The number of hydrogen-bond acceptors (Lipinski definition) is 4. The van der Waals surface area contributed by atoms with Crippen LogP contribution >= 0.6 is 12.2 Å². The predicted molar refractivity (Wildman–Crippen MR) is 78.4 cm³/mol. The zero-order chi connectivity index (χ0) is 14.6. The molecule has 19 heavy (non-hydrogen) atoms. The first-order valence-electron chi connectivity index (χ1n) is 5.75. The molecule has 1 unspecified atom stereocenters. The van der Waals surface area contributed by atoms with Crippen molar-refractivity contribution < 1.29 is 13.5 Å². The lowest BCUT2D eigenvalue weighted by Gasteiger charge is -2.22. The van der Waals surface area contributed by atoms with Crippen LogP contribution < -0.4 is 5.73 Å². The Morgan fingerprint density at radius 2 is 1.95 bits per heavy atom. The third-order valence-corrected chi connectivity index (χ3v) is 4.99. The fraction of sp³-hybridized carbons (Fsp3) is 0.417. The van der Waals surface area contributed by atoms with Crippen molar-refractivity contribution >= 4 is 27.2 Å². The van der Waals surface area contributed by atoms with Crippen LogP contribution in [0, 0.1) is 0 Å². The van der Waals surface area contributed by atoms with Crippen LogP contribution in [-0.2, 0) is 16.4 Å².